The Kier molecular flexibility index (Phi) is 7.06. The van der Waals surface area contributed by atoms with Crippen molar-refractivity contribution in [3.63, 3.8) is 0 Å². The summed E-state index contributed by atoms with van der Waals surface area (Å²) >= 11 is 0. The lowest BCUT2D eigenvalue weighted by molar-refractivity contribution is -0.387. The SMILES string of the molecule is Cc1ccc(N(CC(O)CN2CCCCC2)S(=O)(=O)c2ccccc2[N+](=O)[O-])cc1. The zero-order valence-corrected chi connectivity index (χ0v) is 17.8. The molecule has 1 aliphatic rings. The number of likely N-dealkylation sites (tertiary alicyclic amines) is 1. The van der Waals surface area contributed by atoms with Crippen LogP contribution < -0.4 is 4.31 Å². The Morgan fingerprint density at radius 1 is 1.10 bits per heavy atom. The molecule has 1 heterocycles. The Morgan fingerprint density at radius 3 is 2.37 bits per heavy atom. The van der Waals surface area contributed by atoms with Gasteiger partial charge in [-0.1, -0.05) is 36.2 Å². The highest BCUT2D eigenvalue weighted by Crippen LogP contribution is 2.30. The Morgan fingerprint density at radius 2 is 1.73 bits per heavy atom. The zero-order chi connectivity index (χ0) is 21.7. The standard InChI is InChI=1S/C21H27N3O5S/c1-17-9-11-18(12-10-17)23(16-19(25)15-22-13-5-2-6-14-22)30(28,29)21-8-4-3-7-20(21)24(26)27/h3-4,7-12,19,25H,2,5-6,13-16H2,1H3. The molecule has 30 heavy (non-hydrogen) atoms. The molecular weight excluding hydrogens is 406 g/mol. The maximum Gasteiger partial charge on any atom is 0.289 e. The molecule has 2 aromatic carbocycles. The van der Waals surface area contributed by atoms with Crippen LogP contribution in [-0.2, 0) is 10.0 Å². The van der Waals surface area contributed by atoms with Crippen molar-refractivity contribution in [3.05, 3.63) is 64.2 Å². The summed E-state index contributed by atoms with van der Waals surface area (Å²) < 4.78 is 28.0. The van der Waals surface area contributed by atoms with Gasteiger partial charge in [0.25, 0.3) is 15.7 Å². The minimum atomic E-state index is -4.27. The number of benzene rings is 2. The number of nitrogens with zero attached hydrogens (tertiary/aromatic N) is 3. The van der Waals surface area contributed by atoms with E-state index in [4.69, 9.17) is 0 Å². The van der Waals surface area contributed by atoms with E-state index >= 15 is 0 Å². The number of aryl methyl sites for hydroxylation is 1. The van der Waals surface area contributed by atoms with Crippen LogP contribution in [0, 0.1) is 17.0 Å². The van der Waals surface area contributed by atoms with Crippen molar-refractivity contribution in [1.82, 2.24) is 4.90 Å². The number of hydrogen-bond donors (Lipinski definition) is 1. The van der Waals surface area contributed by atoms with Crippen LogP contribution in [0.2, 0.25) is 0 Å². The first kappa shape index (κ1) is 22.2. The van der Waals surface area contributed by atoms with Gasteiger partial charge in [0, 0.05) is 12.6 Å². The van der Waals surface area contributed by atoms with Gasteiger partial charge in [-0.25, -0.2) is 8.42 Å². The van der Waals surface area contributed by atoms with Crippen molar-refractivity contribution in [1.29, 1.82) is 0 Å². The van der Waals surface area contributed by atoms with E-state index in [-0.39, 0.29) is 11.4 Å². The molecule has 0 bridgehead atoms. The molecule has 2 aromatic rings. The summed E-state index contributed by atoms with van der Waals surface area (Å²) in [5, 5.41) is 22.1. The number of sulfonamides is 1. The first-order valence-corrected chi connectivity index (χ1v) is 11.5. The Bertz CT molecular complexity index is 972. The van der Waals surface area contributed by atoms with Crippen molar-refractivity contribution >= 4 is 21.4 Å². The molecule has 0 spiro atoms. The average Bonchev–Trinajstić information content (AvgIpc) is 2.73. The number of nitro benzene ring substituents is 1. The third-order valence-electron chi connectivity index (χ3n) is 5.25. The Labute approximate surface area is 176 Å². The largest absolute Gasteiger partial charge is 0.390 e. The fraction of sp³-hybridized carbons (Fsp3) is 0.429. The summed E-state index contributed by atoms with van der Waals surface area (Å²) in [7, 11) is -4.27. The monoisotopic (exact) mass is 433 g/mol. The smallest absolute Gasteiger partial charge is 0.289 e. The van der Waals surface area contributed by atoms with Gasteiger partial charge in [0.2, 0.25) is 0 Å². The lowest BCUT2D eigenvalue weighted by Gasteiger charge is -2.31. The van der Waals surface area contributed by atoms with E-state index in [2.05, 4.69) is 4.90 Å². The predicted molar refractivity (Wildman–Crippen MR) is 115 cm³/mol. The number of rotatable bonds is 8. The van der Waals surface area contributed by atoms with Crippen LogP contribution in [0.15, 0.2) is 53.4 Å². The molecule has 1 atom stereocenters. The van der Waals surface area contributed by atoms with E-state index in [0.29, 0.717) is 12.2 Å². The molecule has 0 amide bonds. The number of piperidine rings is 1. The second-order valence-corrected chi connectivity index (χ2v) is 9.44. The molecular formula is C21H27N3O5S. The summed E-state index contributed by atoms with van der Waals surface area (Å²) in [6, 6.07) is 12.1. The molecule has 1 saturated heterocycles. The van der Waals surface area contributed by atoms with Crippen molar-refractivity contribution in [2.45, 2.75) is 37.2 Å². The molecule has 162 valence electrons. The van der Waals surface area contributed by atoms with Gasteiger partial charge >= 0.3 is 0 Å². The van der Waals surface area contributed by atoms with Gasteiger partial charge in [-0.2, -0.15) is 0 Å². The van der Waals surface area contributed by atoms with Gasteiger partial charge < -0.3 is 10.0 Å². The molecule has 1 N–H and O–H groups in total. The van der Waals surface area contributed by atoms with Gasteiger partial charge in [0.1, 0.15) is 0 Å². The molecule has 0 aromatic heterocycles. The fourth-order valence-electron chi connectivity index (χ4n) is 3.69. The number of β-amino-alcohol motifs (C(OH)–C–C–N with tert-alkyl or cyclic N) is 1. The maximum absolute atomic E-state index is 13.5. The topological polar surface area (TPSA) is 104 Å². The van der Waals surface area contributed by atoms with E-state index in [1.807, 2.05) is 6.92 Å². The summed E-state index contributed by atoms with van der Waals surface area (Å²) in [4.78, 5) is 12.5. The van der Waals surface area contributed by atoms with Crippen molar-refractivity contribution in [2.75, 3.05) is 30.5 Å². The van der Waals surface area contributed by atoms with Crippen LogP contribution in [0.3, 0.4) is 0 Å². The third-order valence-corrected chi connectivity index (χ3v) is 7.09. The van der Waals surface area contributed by atoms with Crippen molar-refractivity contribution in [3.8, 4) is 0 Å². The fourth-order valence-corrected chi connectivity index (χ4v) is 5.35. The van der Waals surface area contributed by atoms with E-state index in [0.717, 1.165) is 42.2 Å². The van der Waals surface area contributed by atoms with E-state index in [1.54, 1.807) is 24.3 Å². The van der Waals surface area contributed by atoms with Gasteiger partial charge in [0.15, 0.2) is 4.90 Å². The number of anilines is 1. The van der Waals surface area contributed by atoms with Crippen molar-refractivity contribution in [2.24, 2.45) is 0 Å². The molecule has 1 aliphatic heterocycles. The normalized spacial score (nSPS) is 16.2. The number of hydrogen-bond acceptors (Lipinski definition) is 6. The summed E-state index contributed by atoms with van der Waals surface area (Å²) in [6.07, 6.45) is 2.35. The van der Waals surface area contributed by atoms with Crippen LogP contribution in [0.25, 0.3) is 0 Å². The molecule has 0 saturated carbocycles. The Balaban J connectivity index is 1.95. The predicted octanol–water partition coefficient (Wildman–Crippen LogP) is 2.95. The lowest BCUT2D eigenvalue weighted by atomic mass is 10.1. The number of aliphatic hydroxyl groups excluding tert-OH is 1. The third kappa shape index (κ3) is 5.16. The second-order valence-electron chi connectivity index (χ2n) is 7.61. The number of nitro groups is 1. The highest BCUT2D eigenvalue weighted by molar-refractivity contribution is 7.93. The molecule has 9 heteroatoms. The van der Waals surface area contributed by atoms with Gasteiger partial charge in [-0.05, 0) is 51.1 Å². The average molecular weight is 434 g/mol. The highest BCUT2D eigenvalue weighted by atomic mass is 32.2. The van der Waals surface area contributed by atoms with Crippen LogP contribution in [0.1, 0.15) is 24.8 Å². The maximum atomic E-state index is 13.5. The van der Waals surface area contributed by atoms with Crippen LogP contribution in [0.5, 0.6) is 0 Å². The number of aliphatic hydroxyl groups is 1. The first-order valence-electron chi connectivity index (χ1n) is 10.0. The second kappa shape index (κ2) is 9.55. The molecule has 8 nitrogen and oxygen atoms in total. The minimum absolute atomic E-state index is 0.187. The lowest BCUT2D eigenvalue weighted by Crippen LogP contribution is -2.44. The summed E-state index contributed by atoms with van der Waals surface area (Å²) in [5.41, 5.74) is 0.826. The summed E-state index contributed by atoms with van der Waals surface area (Å²) in [6.45, 7) is 3.80. The van der Waals surface area contributed by atoms with Gasteiger partial charge in [-0.3, -0.25) is 14.4 Å². The Hall–Kier alpha value is -2.49. The van der Waals surface area contributed by atoms with E-state index < -0.39 is 26.7 Å². The van der Waals surface area contributed by atoms with Crippen LogP contribution in [-0.4, -0.2) is 55.6 Å². The first-order chi connectivity index (χ1) is 14.3. The molecule has 0 aliphatic carbocycles. The molecule has 1 fully saturated rings. The van der Waals surface area contributed by atoms with E-state index in [9.17, 15) is 23.6 Å². The number of para-hydroxylation sites is 1. The molecule has 0 radical (unpaired) electrons. The van der Waals surface area contributed by atoms with Crippen molar-refractivity contribution < 1.29 is 18.4 Å². The quantitative estimate of drug-likeness (QED) is 0.507. The highest BCUT2D eigenvalue weighted by Gasteiger charge is 2.33. The van der Waals surface area contributed by atoms with Gasteiger partial charge in [0.05, 0.1) is 23.3 Å². The van der Waals surface area contributed by atoms with Gasteiger partial charge in [-0.15, -0.1) is 0 Å². The van der Waals surface area contributed by atoms with Crippen LogP contribution >= 0.6 is 0 Å². The molecule has 3 rings (SSSR count). The molecule has 1 unspecified atom stereocenters. The minimum Gasteiger partial charge on any atom is -0.390 e. The van der Waals surface area contributed by atoms with E-state index in [1.165, 1.54) is 24.3 Å². The zero-order valence-electron chi connectivity index (χ0n) is 17.0. The van der Waals surface area contributed by atoms with Crippen LogP contribution in [0.4, 0.5) is 11.4 Å². The summed E-state index contributed by atoms with van der Waals surface area (Å²) in [5.74, 6) is 0.